The Labute approximate surface area is 236 Å². The molecule has 0 spiro atoms. The monoisotopic (exact) mass is 545 g/mol. The van der Waals surface area contributed by atoms with Gasteiger partial charge in [0.05, 0.1) is 12.3 Å². The topological polar surface area (TPSA) is 119 Å². The zero-order valence-electron chi connectivity index (χ0n) is 23.9. The van der Waals surface area contributed by atoms with Gasteiger partial charge in [-0.3, -0.25) is 4.79 Å². The molecule has 1 amide bonds. The lowest BCUT2D eigenvalue weighted by Gasteiger charge is -2.34. The Hall–Kier alpha value is -4.17. The van der Waals surface area contributed by atoms with Gasteiger partial charge in [0, 0.05) is 36.6 Å². The molecular formula is C32H39N3O5. The molecule has 3 N–H and O–H groups in total. The highest BCUT2D eigenvalue weighted by molar-refractivity contribution is 5.92. The maximum absolute atomic E-state index is 12.6. The smallest absolute Gasteiger partial charge is 0.326 e. The van der Waals surface area contributed by atoms with Crippen LogP contribution in [0.2, 0.25) is 0 Å². The van der Waals surface area contributed by atoms with Crippen LogP contribution in [-0.2, 0) is 29.0 Å². The molecule has 0 bridgehead atoms. The summed E-state index contributed by atoms with van der Waals surface area (Å²) in [6.07, 6.45) is 7.39. The molecule has 2 heterocycles. The van der Waals surface area contributed by atoms with E-state index in [1.807, 2.05) is 83.1 Å². The van der Waals surface area contributed by atoms with Crippen LogP contribution in [0.4, 0.5) is 0 Å². The number of carboxylic acids is 1. The Kier molecular flexibility index (Phi) is 10.4. The number of allylic oxidation sites excluding steroid dienone is 3. The highest BCUT2D eigenvalue weighted by atomic mass is 16.5. The van der Waals surface area contributed by atoms with Gasteiger partial charge >= 0.3 is 5.97 Å². The van der Waals surface area contributed by atoms with Gasteiger partial charge < -0.3 is 24.9 Å². The lowest BCUT2D eigenvalue weighted by Crippen LogP contribution is -2.48. The van der Waals surface area contributed by atoms with Gasteiger partial charge in [0.25, 0.3) is 0 Å². The minimum absolute atomic E-state index is 0. The number of carbonyl (C=O) groups is 2. The van der Waals surface area contributed by atoms with Crippen molar-refractivity contribution in [2.24, 2.45) is 5.73 Å². The number of nitrogens with two attached hydrogens (primary N) is 1. The third-order valence-electron chi connectivity index (χ3n) is 5.94. The van der Waals surface area contributed by atoms with Crippen LogP contribution in [0, 0.1) is 6.92 Å². The first-order valence-electron chi connectivity index (χ1n) is 13.3. The molecule has 1 aromatic heterocycles. The number of nitrogens with zero attached hydrogens (tertiary/aromatic N) is 2. The normalized spacial score (nSPS) is 15.1. The van der Waals surface area contributed by atoms with Gasteiger partial charge in [-0.1, -0.05) is 42.5 Å². The lowest BCUT2D eigenvalue weighted by molar-refractivity contribution is -0.149. The molecule has 2 aromatic carbocycles. The molecular weight excluding hydrogens is 506 g/mol. The molecule has 0 saturated heterocycles. The van der Waals surface area contributed by atoms with Crippen molar-refractivity contribution in [3.8, 4) is 17.2 Å². The second-order valence-corrected chi connectivity index (χ2v) is 10.7. The number of fused-ring (bicyclic) bond motifs is 1. The van der Waals surface area contributed by atoms with Gasteiger partial charge in [0.15, 0.2) is 0 Å². The van der Waals surface area contributed by atoms with Crippen LogP contribution in [0.1, 0.15) is 50.3 Å². The molecule has 1 atom stereocenters. The van der Waals surface area contributed by atoms with E-state index in [9.17, 15) is 14.7 Å². The molecule has 40 heavy (non-hydrogen) atoms. The van der Waals surface area contributed by atoms with Crippen LogP contribution in [0.15, 0.2) is 77.3 Å². The number of aromatic nitrogens is 1. The summed E-state index contributed by atoms with van der Waals surface area (Å²) in [4.78, 5) is 30.4. The van der Waals surface area contributed by atoms with E-state index < -0.39 is 12.0 Å². The third kappa shape index (κ3) is 8.95. The van der Waals surface area contributed by atoms with Gasteiger partial charge in [0.2, 0.25) is 11.8 Å². The van der Waals surface area contributed by atoms with E-state index in [1.165, 1.54) is 11.0 Å². The molecule has 212 valence electrons. The summed E-state index contributed by atoms with van der Waals surface area (Å²) in [6.45, 7) is 10.3. The lowest BCUT2D eigenvalue weighted by atomic mass is 9.93. The van der Waals surface area contributed by atoms with Crippen molar-refractivity contribution in [2.75, 3.05) is 6.61 Å². The highest BCUT2D eigenvalue weighted by Crippen LogP contribution is 2.28. The van der Waals surface area contributed by atoms with Crippen LogP contribution >= 0.6 is 0 Å². The Morgan fingerprint density at radius 2 is 1.85 bits per heavy atom. The van der Waals surface area contributed by atoms with Crippen molar-refractivity contribution in [1.29, 1.82) is 0 Å². The number of carboxylic acid groups (broad SMARTS) is 1. The average Bonchev–Trinajstić information content (AvgIpc) is 3.27. The second-order valence-electron chi connectivity index (χ2n) is 10.7. The SMILES string of the molecule is C/C=C/C=C/C(=O)N1Cc2cc(OCCc3nc(-c4ccccc4)oc3C)ccc2C[C@H]1C(=O)O.CC(C)(C)N. The predicted molar refractivity (Wildman–Crippen MR) is 156 cm³/mol. The van der Waals surface area contributed by atoms with Crippen LogP contribution in [0.25, 0.3) is 11.5 Å². The molecule has 8 heteroatoms. The zero-order valence-corrected chi connectivity index (χ0v) is 23.9. The highest BCUT2D eigenvalue weighted by Gasteiger charge is 2.33. The number of benzene rings is 2. The molecule has 0 aliphatic carbocycles. The fourth-order valence-electron chi connectivity index (χ4n) is 4.08. The minimum atomic E-state index is -1.01. The Balaban J connectivity index is 0.000000810. The number of aliphatic carboxylic acids is 1. The van der Waals surface area contributed by atoms with Crippen molar-refractivity contribution < 1.29 is 23.8 Å². The van der Waals surface area contributed by atoms with E-state index in [0.717, 1.165) is 28.1 Å². The third-order valence-corrected chi connectivity index (χ3v) is 5.94. The summed E-state index contributed by atoms with van der Waals surface area (Å²) in [5, 5.41) is 9.66. The second kappa shape index (κ2) is 13.8. The molecule has 0 unspecified atom stereocenters. The quantitative estimate of drug-likeness (QED) is 0.284. The zero-order chi connectivity index (χ0) is 29.3. The Morgan fingerprint density at radius 1 is 1.15 bits per heavy atom. The maximum Gasteiger partial charge on any atom is 0.326 e. The van der Waals surface area contributed by atoms with Crippen molar-refractivity contribution in [3.05, 3.63) is 95.4 Å². The number of amides is 1. The standard InChI is InChI=1S/C28H28N2O5.C4H11N/c1-3-4-6-11-26(31)30-18-22-16-23(13-12-21(22)17-25(30)28(32)33)34-15-14-24-19(2)35-27(29-24)20-9-7-5-8-10-20;1-4(2,3)5/h3-13,16,25H,14-15,17-18H2,1-2H3,(H,32,33);5H2,1-3H3/b4-3+,11-6+;/t25-;/m0./s1. The molecule has 4 rings (SSSR count). The van der Waals surface area contributed by atoms with Crippen LogP contribution in [-0.4, -0.2) is 45.1 Å². The molecule has 0 fully saturated rings. The van der Waals surface area contributed by atoms with Gasteiger partial charge in [-0.25, -0.2) is 9.78 Å². The van der Waals surface area contributed by atoms with E-state index in [2.05, 4.69) is 4.98 Å². The summed E-state index contributed by atoms with van der Waals surface area (Å²) in [7, 11) is 0. The summed E-state index contributed by atoms with van der Waals surface area (Å²) in [5.41, 5.74) is 8.92. The van der Waals surface area contributed by atoms with Gasteiger partial charge in [-0.2, -0.15) is 0 Å². The molecule has 0 radical (unpaired) electrons. The molecule has 1 aliphatic heterocycles. The first-order valence-corrected chi connectivity index (χ1v) is 13.3. The average molecular weight is 546 g/mol. The first kappa shape index (κ1) is 30.4. The fraction of sp³-hybridized carbons (Fsp3) is 0.344. The summed E-state index contributed by atoms with van der Waals surface area (Å²) < 4.78 is 11.8. The molecule has 0 saturated carbocycles. The Morgan fingerprint density at radius 3 is 2.50 bits per heavy atom. The number of hydrogen-bond donors (Lipinski definition) is 2. The van der Waals surface area contributed by atoms with E-state index in [1.54, 1.807) is 18.2 Å². The van der Waals surface area contributed by atoms with E-state index in [0.29, 0.717) is 24.7 Å². The summed E-state index contributed by atoms with van der Waals surface area (Å²) >= 11 is 0. The van der Waals surface area contributed by atoms with E-state index in [-0.39, 0.29) is 24.4 Å². The van der Waals surface area contributed by atoms with E-state index >= 15 is 0 Å². The van der Waals surface area contributed by atoms with Gasteiger partial charge in [0.1, 0.15) is 17.6 Å². The first-order chi connectivity index (χ1) is 19.0. The Bertz CT molecular complexity index is 1350. The number of rotatable bonds is 8. The number of ether oxygens (including phenoxy) is 1. The number of hydrogen-bond acceptors (Lipinski definition) is 6. The number of carbonyl (C=O) groups excluding carboxylic acids is 1. The van der Waals surface area contributed by atoms with Crippen molar-refractivity contribution in [2.45, 2.75) is 65.6 Å². The minimum Gasteiger partial charge on any atom is -0.493 e. The largest absolute Gasteiger partial charge is 0.493 e. The maximum atomic E-state index is 12.6. The summed E-state index contributed by atoms with van der Waals surface area (Å²) in [6, 6.07) is 14.5. The molecule has 3 aromatic rings. The van der Waals surface area contributed by atoms with Crippen LogP contribution in [0.3, 0.4) is 0 Å². The van der Waals surface area contributed by atoms with Crippen molar-refractivity contribution in [1.82, 2.24) is 9.88 Å². The fourth-order valence-corrected chi connectivity index (χ4v) is 4.08. The van der Waals surface area contributed by atoms with Crippen molar-refractivity contribution in [3.63, 3.8) is 0 Å². The molecule has 1 aliphatic rings. The summed E-state index contributed by atoms with van der Waals surface area (Å²) in [5.74, 6) is 0.675. The predicted octanol–water partition coefficient (Wildman–Crippen LogP) is 5.49. The van der Waals surface area contributed by atoms with Gasteiger partial charge in [-0.05, 0) is 70.0 Å². The number of oxazole rings is 1. The van der Waals surface area contributed by atoms with Gasteiger partial charge in [-0.15, -0.1) is 0 Å². The van der Waals surface area contributed by atoms with Crippen molar-refractivity contribution >= 4 is 11.9 Å². The van der Waals surface area contributed by atoms with E-state index in [4.69, 9.17) is 14.9 Å². The molecule has 8 nitrogen and oxygen atoms in total. The van der Waals surface area contributed by atoms with Crippen LogP contribution in [0.5, 0.6) is 5.75 Å². The number of aryl methyl sites for hydroxylation is 1. The van der Waals surface area contributed by atoms with Crippen LogP contribution < -0.4 is 10.5 Å².